The molecule has 1 atom stereocenters. The Morgan fingerprint density at radius 1 is 1.44 bits per heavy atom. The molecule has 0 bridgehead atoms. The van der Waals surface area contributed by atoms with Crippen molar-refractivity contribution in [2.24, 2.45) is 11.7 Å². The minimum absolute atomic E-state index is 0.151. The van der Waals surface area contributed by atoms with Crippen molar-refractivity contribution in [3.8, 4) is 0 Å². The normalized spacial score (nSPS) is 23.2. The maximum Gasteiger partial charge on any atom is 0.0426 e. The molecular weight excluding hydrogens is 244 g/mol. The number of hydrogen-bond donors (Lipinski definition) is 1. The first kappa shape index (κ1) is 13.7. The van der Waals surface area contributed by atoms with Gasteiger partial charge in [0.15, 0.2) is 0 Å². The molecular formula is C15H23ClN2. The van der Waals surface area contributed by atoms with Gasteiger partial charge >= 0.3 is 0 Å². The summed E-state index contributed by atoms with van der Waals surface area (Å²) in [6, 6.07) is 6.14. The summed E-state index contributed by atoms with van der Waals surface area (Å²) in [6.45, 7) is 8.61. The number of aryl methyl sites for hydroxylation is 1. The Balaban J connectivity index is 2.30. The molecule has 1 saturated heterocycles. The molecule has 2 N–H and O–H groups in total. The van der Waals surface area contributed by atoms with Gasteiger partial charge in [-0.05, 0) is 63.8 Å². The topological polar surface area (TPSA) is 29.3 Å². The van der Waals surface area contributed by atoms with E-state index in [0.29, 0.717) is 5.92 Å². The third-order valence-electron chi connectivity index (χ3n) is 4.08. The number of piperidine rings is 1. The Hall–Kier alpha value is -0.730. The standard InChI is InChI=1S/C15H23ClN2/c1-11-4-5-13(16)8-14(11)18-7-6-12(10-17)9-15(18,2)3/h4-5,8,12H,6-7,9-10,17H2,1-3H3. The van der Waals surface area contributed by atoms with Gasteiger partial charge in [-0.15, -0.1) is 0 Å². The van der Waals surface area contributed by atoms with Crippen LogP contribution in [0.2, 0.25) is 5.02 Å². The lowest BCUT2D eigenvalue weighted by atomic mass is 9.82. The Bertz CT molecular complexity index is 429. The van der Waals surface area contributed by atoms with Crippen LogP contribution in [0.25, 0.3) is 0 Å². The van der Waals surface area contributed by atoms with E-state index in [1.165, 1.54) is 17.7 Å². The van der Waals surface area contributed by atoms with E-state index in [2.05, 4.69) is 37.8 Å². The summed E-state index contributed by atoms with van der Waals surface area (Å²) in [5, 5.41) is 0.812. The molecule has 1 fully saturated rings. The van der Waals surface area contributed by atoms with Crippen molar-refractivity contribution >= 4 is 17.3 Å². The van der Waals surface area contributed by atoms with Crippen LogP contribution >= 0.6 is 11.6 Å². The summed E-state index contributed by atoms with van der Waals surface area (Å²) in [7, 11) is 0. The van der Waals surface area contributed by atoms with Crippen molar-refractivity contribution in [3.63, 3.8) is 0 Å². The van der Waals surface area contributed by atoms with E-state index in [1.54, 1.807) is 0 Å². The molecule has 0 amide bonds. The molecule has 2 nitrogen and oxygen atoms in total. The Kier molecular flexibility index (Phi) is 3.88. The second kappa shape index (κ2) is 5.10. The van der Waals surface area contributed by atoms with E-state index in [4.69, 9.17) is 17.3 Å². The van der Waals surface area contributed by atoms with Crippen LogP contribution in [-0.4, -0.2) is 18.6 Å². The van der Waals surface area contributed by atoms with Gasteiger partial charge in [0.25, 0.3) is 0 Å². The predicted molar refractivity (Wildman–Crippen MR) is 79.4 cm³/mol. The molecule has 3 heteroatoms. The summed E-state index contributed by atoms with van der Waals surface area (Å²) in [5.74, 6) is 0.649. The minimum Gasteiger partial charge on any atom is -0.366 e. The molecule has 1 unspecified atom stereocenters. The van der Waals surface area contributed by atoms with Gasteiger partial charge in [-0.1, -0.05) is 17.7 Å². The summed E-state index contributed by atoms with van der Waals surface area (Å²) in [4.78, 5) is 2.49. The third-order valence-corrected chi connectivity index (χ3v) is 4.31. The fourth-order valence-electron chi connectivity index (χ4n) is 3.05. The van der Waals surface area contributed by atoms with Gasteiger partial charge in [-0.2, -0.15) is 0 Å². The van der Waals surface area contributed by atoms with E-state index in [1.807, 2.05) is 6.07 Å². The second-order valence-electron chi connectivity index (χ2n) is 5.99. The molecule has 100 valence electrons. The van der Waals surface area contributed by atoms with Crippen LogP contribution in [0.15, 0.2) is 18.2 Å². The lowest BCUT2D eigenvalue weighted by Crippen LogP contribution is -2.51. The monoisotopic (exact) mass is 266 g/mol. The van der Waals surface area contributed by atoms with Gasteiger partial charge in [-0.25, -0.2) is 0 Å². The summed E-state index contributed by atoms with van der Waals surface area (Å²) < 4.78 is 0. The Morgan fingerprint density at radius 2 is 2.17 bits per heavy atom. The van der Waals surface area contributed by atoms with Crippen LogP contribution in [0.4, 0.5) is 5.69 Å². The van der Waals surface area contributed by atoms with E-state index in [0.717, 1.165) is 24.5 Å². The Morgan fingerprint density at radius 3 is 2.78 bits per heavy atom. The minimum atomic E-state index is 0.151. The second-order valence-corrected chi connectivity index (χ2v) is 6.43. The molecule has 2 rings (SSSR count). The fraction of sp³-hybridized carbons (Fsp3) is 0.600. The van der Waals surface area contributed by atoms with Gasteiger partial charge in [0.2, 0.25) is 0 Å². The van der Waals surface area contributed by atoms with E-state index >= 15 is 0 Å². The van der Waals surface area contributed by atoms with Crippen LogP contribution < -0.4 is 10.6 Å². The number of halogens is 1. The highest BCUT2D eigenvalue weighted by molar-refractivity contribution is 6.30. The predicted octanol–water partition coefficient (Wildman–Crippen LogP) is 3.60. The molecule has 18 heavy (non-hydrogen) atoms. The van der Waals surface area contributed by atoms with E-state index in [9.17, 15) is 0 Å². The van der Waals surface area contributed by atoms with Crippen molar-refractivity contribution in [1.82, 2.24) is 0 Å². The average molecular weight is 267 g/mol. The van der Waals surface area contributed by atoms with Crippen molar-refractivity contribution in [2.75, 3.05) is 18.0 Å². The quantitative estimate of drug-likeness (QED) is 0.886. The zero-order valence-corrected chi connectivity index (χ0v) is 12.3. The first-order valence-electron chi connectivity index (χ1n) is 6.68. The van der Waals surface area contributed by atoms with Crippen molar-refractivity contribution < 1.29 is 0 Å². The third kappa shape index (κ3) is 2.65. The van der Waals surface area contributed by atoms with Crippen molar-refractivity contribution in [2.45, 2.75) is 39.2 Å². The summed E-state index contributed by atoms with van der Waals surface area (Å²) in [6.07, 6.45) is 2.32. The number of anilines is 1. The maximum atomic E-state index is 6.14. The molecule has 1 aliphatic rings. The number of benzene rings is 1. The molecule has 1 heterocycles. The van der Waals surface area contributed by atoms with Gasteiger partial charge in [0.05, 0.1) is 0 Å². The van der Waals surface area contributed by atoms with Gasteiger partial charge in [0, 0.05) is 22.8 Å². The first-order chi connectivity index (χ1) is 8.44. The highest BCUT2D eigenvalue weighted by Crippen LogP contribution is 2.37. The van der Waals surface area contributed by atoms with Crippen molar-refractivity contribution in [1.29, 1.82) is 0 Å². The average Bonchev–Trinajstić information content (AvgIpc) is 2.31. The molecule has 0 spiro atoms. The smallest absolute Gasteiger partial charge is 0.0426 e. The molecule has 1 aliphatic heterocycles. The SMILES string of the molecule is Cc1ccc(Cl)cc1N1CCC(CN)CC1(C)C. The molecule has 0 saturated carbocycles. The number of nitrogens with zero attached hydrogens (tertiary/aromatic N) is 1. The highest BCUT2D eigenvalue weighted by atomic mass is 35.5. The molecule has 1 aromatic carbocycles. The van der Waals surface area contributed by atoms with Gasteiger partial charge < -0.3 is 10.6 Å². The zero-order chi connectivity index (χ0) is 13.3. The fourth-order valence-corrected chi connectivity index (χ4v) is 3.22. The van der Waals surface area contributed by atoms with Crippen LogP contribution in [0, 0.1) is 12.8 Å². The van der Waals surface area contributed by atoms with E-state index in [-0.39, 0.29) is 5.54 Å². The Labute approximate surface area is 115 Å². The maximum absolute atomic E-state index is 6.14. The van der Waals surface area contributed by atoms with Gasteiger partial charge in [0.1, 0.15) is 0 Å². The number of rotatable bonds is 2. The first-order valence-corrected chi connectivity index (χ1v) is 7.05. The zero-order valence-electron chi connectivity index (χ0n) is 11.5. The number of hydrogen-bond acceptors (Lipinski definition) is 2. The molecule has 0 aromatic heterocycles. The largest absolute Gasteiger partial charge is 0.366 e. The number of nitrogens with two attached hydrogens (primary N) is 1. The van der Waals surface area contributed by atoms with Crippen LogP contribution in [0.1, 0.15) is 32.3 Å². The van der Waals surface area contributed by atoms with E-state index < -0.39 is 0 Å². The lowest BCUT2D eigenvalue weighted by Gasteiger charge is -2.47. The van der Waals surface area contributed by atoms with Gasteiger partial charge in [-0.3, -0.25) is 0 Å². The lowest BCUT2D eigenvalue weighted by molar-refractivity contribution is 0.278. The molecule has 1 aromatic rings. The van der Waals surface area contributed by atoms with Crippen LogP contribution in [-0.2, 0) is 0 Å². The van der Waals surface area contributed by atoms with Crippen LogP contribution in [0.5, 0.6) is 0 Å². The molecule has 0 radical (unpaired) electrons. The highest BCUT2D eigenvalue weighted by Gasteiger charge is 2.34. The van der Waals surface area contributed by atoms with Crippen LogP contribution in [0.3, 0.4) is 0 Å². The summed E-state index contributed by atoms with van der Waals surface area (Å²) >= 11 is 6.14. The molecule has 0 aliphatic carbocycles. The summed E-state index contributed by atoms with van der Waals surface area (Å²) in [5.41, 5.74) is 8.53. The van der Waals surface area contributed by atoms with Crippen molar-refractivity contribution in [3.05, 3.63) is 28.8 Å².